The van der Waals surface area contributed by atoms with Gasteiger partial charge in [-0.15, -0.1) is 12.4 Å². The minimum Gasteiger partial charge on any atom is -0.504 e. The Bertz CT molecular complexity index is 1170. The molecule has 1 unspecified atom stereocenters. The Labute approximate surface area is 223 Å². The lowest BCUT2D eigenvalue weighted by atomic mass is 9.88. The van der Waals surface area contributed by atoms with E-state index in [0.717, 1.165) is 25.1 Å². The minimum absolute atomic E-state index is 0. The number of rotatable bonds is 8. The Balaban J connectivity index is 0.000000314. The highest BCUT2D eigenvalue weighted by molar-refractivity contribution is 5.89. The zero-order valence-corrected chi connectivity index (χ0v) is 21.3. The van der Waals surface area contributed by atoms with Crippen molar-refractivity contribution in [3.8, 4) is 17.2 Å². The van der Waals surface area contributed by atoms with Crippen molar-refractivity contribution in [1.29, 1.82) is 0 Å². The average Bonchev–Trinajstić information content (AvgIpc) is 2.91. The number of benzene rings is 4. The topological polar surface area (TPSA) is 110 Å². The van der Waals surface area contributed by atoms with Gasteiger partial charge < -0.3 is 25.7 Å². The van der Waals surface area contributed by atoms with Crippen LogP contribution in [0.5, 0.6) is 17.2 Å². The van der Waals surface area contributed by atoms with Gasteiger partial charge in [-0.3, -0.25) is 0 Å². The number of hydrogen-bond donors (Lipinski definition) is 5. The summed E-state index contributed by atoms with van der Waals surface area (Å²) in [5.74, 6) is -2.90. The van der Waals surface area contributed by atoms with E-state index in [0.29, 0.717) is 12.0 Å². The second-order valence-corrected chi connectivity index (χ2v) is 8.42. The van der Waals surface area contributed by atoms with Crippen molar-refractivity contribution in [2.45, 2.75) is 25.3 Å². The van der Waals surface area contributed by atoms with Crippen LogP contribution in [0.1, 0.15) is 52.4 Å². The van der Waals surface area contributed by atoms with E-state index in [9.17, 15) is 4.79 Å². The standard InChI is InChI=1S/C23H25N.C7H6O5.ClH/c1-19(20-11-5-2-6-12-20)24-18-17-23(21-13-7-3-8-14-21)22-15-9-4-10-16-22;8-4-1-3(7(11)12)2-5(9)6(4)10;/h2-16,19,23-24H,17-18H2,1H3;1-2,8-10H,(H,11,12);1H. The fraction of sp³-hybridized carbons (Fsp3) is 0.167. The van der Waals surface area contributed by atoms with Crippen LogP contribution in [0.3, 0.4) is 0 Å². The predicted molar refractivity (Wildman–Crippen MR) is 148 cm³/mol. The summed E-state index contributed by atoms with van der Waals surface area (Å²) in [5, 5.41) is 38.6. The molecule has 0 amide bonds. The SMILES string of the molecule is CC(NCCC(c1ccccc1)c1ccccc1)c1ccccc1.Cl.O=C(O)c1cc(O)c(O)c(O)c1. The third kappa shape index (κ3) is 8.56. The molecule has 0 saturated heterocycles. The predicted octanol–water partition coefficient (Wildman–Crippen LogP) is 6.48. The fourth-order valence-electron chi connectivity index (χ4n) is 3.93. The highest BCUT2D eigenvalue weighted by Crippen LogP contribution is 2.35. The molecule has 0 aromatic heterocycles. The molecule has 4 rings (SSSR count). The molecule has 194 valence electrons. The monoisotopic (exact) mass is 521 g/mol. The van der Waals surface area contributed by atoms with E-state index >= 15 is 0 Å². The van der Waals surface area contributed by atoms with E-state index in [1.807, 2.05) is 0 Å². The van der Waals surface area contributed by atoms with Crippen LogP contribution < -0.4 is 5.32 Å². The summed E-state index contributed by atoms with van der Waals surface area (Å²) in [4.78, 5) is 10.3. The molecule has 37 heavy (non-hydrogen) atoms. The zero-order valence-electron chi connectivity index (χ0n) is 20.5. The number of halogens is 1. The van der Waals surface area contributed by atoms with Gasteiger partial charge in [0.15, 0.2) is 17.2 Å². The number of phenolic OH excluding ortho intramolecular Hbond substituents is 3. The van der Waals surface area contributed by atoms with Crippen LogP contribution in [-0.2, 0) is 0 Å². The summed E-state index contributed by atoms with van der Waals surface area (Å²) < 4.78 is 0. The summed E-state index contributed by atoms with van der Waals surface area (Å²) >= 11 is 0. The van der Waals surface area contributed by atoms with Gasteiger partial charge in [-0.1, -0.05) is 91.0 Å². The number of phenols is 3. The molecule has 0 aliphatic rings. The number of nitrogens with one attached hydrogen (secondary N) is 1. The van der Waals surface area contributed by atoms with Gasteiger partial charge in [-0.25, -0.2) is 4.79 Å². The molecule has 6 nitrogen and oxygen atoms in total. The Hall–Kier alpha value is -4.00. The first-order chi connectivity index (χ1) is 17.4. The van der Waals surface area contributed by atoms with Crippen LogP contribution in [-0.4, -0.2) is 32.9 Å². The quantitative estimate of drug-likeness (QED) is 0.170. The lowest BCUT2D eigenvalue weighted by Crippen LogP contribution is -2.21. The molecule has 7 heteroatoms. The third-order valence-corrected chi connectivity index (χ3v) is 5.90. The maximum Gasteiger partial charge on any atom is 0.335 e. The molecular weight excluding hydrogens is 490 g/mol. The Morgan fingerprint density at radius 1 is 0.730 bits per heavy atom. The average molecular weight is 522 g/mol. The number of carboxylic acids is 1. The first-order valence-electron chi connectivity index (χ1n) is 11.7. The van der Waals surface area contributed by atoms with E-state index < -0.39 is 23.2 Å². The number of aromatic carboxylic acids is 1. The number of hydrogen-bond acceptors (Lipinski definition) is 5. The Morgan fingerprint density at radius 3 is 1.54 bits per heavy atom. The van der Waals surface area contributed by atoms with Crippen molar-refractivity contribution in [2.75, 3.05) is 6.54 Å². The van der Waals surface area contributed by atoms with Crippen molar-refractivity contribution >= 4 is 18.4 Å². The molecule has 0 aliphatic carbocycles. The van der Waals surface area contributed by atoms with Crippen LogP contribution in [0, 0.1) is 0 Å². The van der Waals surface area contributed by atoms with Crippen LogP contribution in [0.15, 0.2) is 103 Å². The van der Waals surface area contributed by atoms with E-state index in [1.165, 1.54) is 16.7 Å². The van der Waals surface area contributed by atoms with Gasteiger partial charge in [0.1, 0.15) is 0 Å². The summed E-state index contributed by atoms with van der Waals surface area (Å²) in [7, 11) is 0. The number of carbonyl (C=O) groups is 1. The highest BCUT2D eigenvalue weighted by Gasteiger charge is 2.14. The van der Waals surface area contributed by atoms with Gasteiger partial charge in [-0.2, -0.15) is 0 Å². The van der Waals surface area contributed by atoms with E-state index in [2.05, 4.69) is 103 Å². The Morgan fingerprint density at radius 2 is 1.14 bits per heavy atom. The Kier molecular flexibility index (Phi) is 11.5. The van der Waals surface area contributed by atoms with Gasteiger partial charge in [0.05, 0.1) is 5.56 Å². The first kappa shape index (κ1) is 29.2. The van der Waals surface area contributed by atoms with Crippen molar-refractivity contribution in [1.82, 2.24) is 5.32 Å². The van der Waals surface area contributed by atoms with Crippen molar-refractivity contribution in [2.24, 2.45) is 0 Å². The normalized spacial score (nSPS) is 11.1. The van der Waals surface area contributed by atoms with E-state index in [4.69, 9.17) is 20.4 Å². The van der Waals surface area contributed by atoms with Gasteiger partial charge in [0.25, 0.3) is 0 Å². The van der Waals surface area contributed by atoms with Crippen LogP contribution in [0.4, 0.5) is 0 Å². The van der Waals surface area contributed by atoms with Crippen LogP contribution in [0.2, 0.25) is 0 Å². The summed E-state index contributed by atoms with van der Waals surface area (Å²) in [5.41, 5.74) is 3.83. The fourth-order valence-corrected chi connectivity index (χ4v) is 3.93. The summed E-state index contributed by atoms with van der Waals surface area (Å²) in [6.45, 7) is 3.22. The van der Waals surface area contributed by atoms with E-state index in [-0.39, 0.29) is 18.0 Å². The van der Waals surface area contributed by atoms with Crippen LogP contribution in [0.25, 0.3) is 0 Å². The summed E-state index contributed by atoms with van der Waals surface area (Å²) in [6.07, 6.45) is 1.09. The second kappa shape index (κ2) is 14.5. The molecule has 0 heterocycles. The smallest absolute Gasteiger partial charge is 0.335 e. The second-order valence-electron chi connectivity index (χ2n) is 8.42. The van der Waals surface area contributed by atoms with E-state index in [1.54, 1.807) is 0 Å². The molecule has 4 aromatic carbocycles. The maximum atomic E-state index is 10.3. The molecule has 0 bridgehead atoms. The molecule has 0 spiro atoms. The van der Waals surface area contributed by atoms with Gasteiger partial charge in [-0.05, 0) is 48.7 Å². The molecule has 0 fully saturated rings. The molecular formula is C30H32ClNO5. The lowest BCUT2D eigenvalue weighted by molar-refractivity contribution is 0.0696. The number of carboxylic acid groups (broad SMARTS) is 1. The maximum absolute atomic E-state index is 10.3. The largest absolute Gasteiger partial charge is 0.504 e. The number of aromatic hydroxyl groups is 3. The molecule has 4 aromatic rings. The van der Waals surface area contributed by atoms with Crippen LogP contribution >= 0.6 is 12.4 Å². The molecule has 0 saturated carbocycles. The first-order valence-corrected chi connectivity index (χ1v) is 11.7. The third-order valence-electron chi connectivity index (χ3n) is 5.90. The van der Waals surface area contributed by atoms with Gasteiger partial charge >= 0.3 is 5.97 Å². The summed E-state index contributed by atoms with van der Waals surface area (Å²) in [6, 6.07) is 34.3. The van der Waals surface area contributed by atoms with Crippen molar-refractivity contribution < 1.29 is 25.2 Å². The molecule has 0 aliphatic heterocycles. The van der Waals surface area contributed by atoms with Crippen molar-refractivity contribution in [3.05, 3.63) is 125 Å². The molecule has 1 atom stereocenters. The highest BCUT2D eigenvalue weighted by atomic mass is 35.5. The lowest BCUT2D eigenvalue weighted by Gasteiger charge is -2.20. The minimum atomic E-state index is -1.29. The zero-order chi connectivity index (χ0) is 25.9. The van der Waals surface area contributed by atoms with Gasteiger partial charge in [0.2, 0.25) is 0 Å². The molecule has 5 N–H and O–H groups in total. The van der Waals surface area contributed by atoms with Crippen molar-refractivity contribution in [3.63, 3.8) is 0 Å². The molecule has 0 radical (unpaired) electrons. The van der Waals surface area contributed by atoms with Gasteiger partial charge in [0, 0.05) is 12.0 Å².